The van der Waals surface area contributed by atoms with E-state index in [-0.39, 0.29) is 5.71 Å². The molecular weight excluding hydrogens is 190 g/mol. The third-order valence-corrected chi connectivity index (χ3v) is 2.11. The first-order chi connectivity index (χ1) is 6.24. The predicted octanol–water partition coefficient (Wildman–Crippen LogP) is 1.68. The van der Waals surface area contributed by atoms with Gasteiger partial charge in [0.25, 0.3) is 0 Å². The molecule has 5 heteroatoms. The van der Waals surface area contributed by atoms with Crippen LogP contribution in [-0.2, 0) is 4.79 Å². The lowest BCUT2D eigenvalue weighted by Crippen LogP contribution is -2.09. The van der Waals surface area contributed by atoms with E-state index in [1.807, 2.05) is 17.5 Å². The molecule has 1 aromatic rings. The lowest BCUT2D eigenvalue weighted by atomic mass is 10.3. The number of oxime groups is 1. The number of hydrogen-bond donors (Lipinski definition) is 2. The van der Waals surface area contributed by atoms with E-state index in [1.165, 1.54) is 17.4 Å². The summed E-state index contributed by atoms with van der Waals surface area (Å²) < 4.78 is 0. The maximum atomic E-state index is 10.4. The molecule has 13 heavy (non-hydrogen) atoms. The highest BCUT2D eigenvalue weighted by Crippen LogP contribution is 2.10. The van der Waals surface area contributed by atoms with Crippen molar-refractivity contribution >= 4 is 29.1 Å². The standard InChI is InChI=1S/C8H7NO3S/c10-8(11)7(9-12)4-3-6-2-1-5-13-6/h1-5,12H,(H,10,11). The predicted molar refractivity (Wildman–Crippen MR) is 50.2 cm³/mol. The molecule has 0 aliphatic carbocycles. The Labute approximate surface area is 78.4 Å². The van der Waals surface area contributed by atoms with Crippen molar-refractivity contribution in [1.82, 2.24) is 0 Å². The highest BCUT2D eigenvalue weighted by molar-refractivity contribution is 7.10. The van der Waals surface area contributed by atoms with Gasteiger partial charge in [-0.1, -0.05) is 11.2 Å². The van der Waals surface area contributed by atoms with Gasteiger partial charge in [-0.25, -0.2) is 4.79 Å². The lowest BCUT2D eigenvalue weighted by molar-refractivity contribution is -0.129. The third-order valence-electron chi connectivity index (χ3n) is 1.28. The van der Waals surface area contributed by atoms with Crippen LogP contribution in [0, 0.1) is 0 Å². The Hall–Kier alpha value is -1.62. The highest BCUT2D eigenvalue weighted by Gasteiger charge is 2.04. The summed E-state index contributed by atoms with van der Waals surface area (Å²) in [6.07, 6.45) is 2.82. The molecule has 0 aliphatic rings. The molecule has 0 aliphatic heterocycles. The number of carboxylic acid groups (broad SMARTS) is 1. The van der Waals surface area contributed by atoms with Crippen LogP contribution in [0.2, 0.25) is 0 Å². The van der Waals surface area contributed by atoms with Crippen LogP contribution in [0.1, 0.15) is 4.88 Å². The molecular formula is C8H7NO3S. The molecule has 0 radical (unpaired) electrons. The van der Waals surface area contributed by atoms with Crippen LogP contribution in [0.15, 0.2) is 28.7 Å². The van der Waals surface area contributed by atoms with Crippen molar-refractivity contribution in [3.8, 4) is 0 Å². The molecule has 0 aromatic carbocycles. The summed E-state index contributed by atoms with van der Waals surface area (Å²) in [4.78, 5) is 11.3. The zero-order chi connectivity index (χ0) is 9.68. The Morgan fingerprint density at radius 2 is 2.38 bits per heavy atom. The molecule has 4 nitrogen and oxygen atoms in total. The van der Waals surface area contributed by atoms with Gasteiger partial charge in [0.1, 0.15) is 0 Å². The fourth-order valence-electron chi connectivity index (χ4n) is 0.695. The van der Waals surface area contributed by atoms with Crippen molar-refractivity contribution in [2.45, 2.75) is 0 Å². The molecule has 1 rings (SSSR count). The van der Waals surface area contributed by atoms with E-state index in [9.17, 15) is 4.79 Å². The van der Waals surface area contributed by atoms with Crippen molar-refractivity contribution in [3.05, 3.63) is 28.5 Å². The maximum absolute atomic E-state index is 10.4. The van der Waals surface area contributed by atoms with Crippen LogP contribution in [0.5, 0.6) is 0 Å². The molecule has 2 N–H and O–H groups in total. The van der Waals surface area contributed by atoms with Gasteiger partial charge in [0.2, 0.25) is 0 Å². The topological polar surface area (TPSA) is 69.9 Å². The van der Waals surface area contributed by atoms with E-state index in [4.69, 9.17) is 10.3 Å². The van der Waals surface area contributed by atoms with Crippen molar-refractivity contribution in [1.29, 1.82) is 0 Å². The first-order valence-corrected chi connectivity index (χ1v) is 4.29. The Bertz CT molecular complexity index is 340. The van der Waals surface area contributed by atoms with Crippen LogP contribution in [-0.4, -0.2) is 22.0 Å². The van der Waals surface area contributed by atoms with Crippen LogP contribution in [0.4, 0.5) is 0 Å². The van der Waals surface area contributed by atoms with Crippen LogP contribution < -0.4 is 0 Å². The van der Waals surface area contributed by atoms with E-state index in [2.05, 4.69) is 5.16 Å². The fourth-order valence-corrected chi connectivity index (χ4v) is 1.31. The Balaban J connectivity index is 2.73. The molecule has 0 bridgehead atoms. The van der Waals surface area contributed by atoms with Crippen molar-refractivity contribution in [2.24, 2.45) is 5.16 Å². The Morgan fingerprint density at radius 3 is 2.85 bits per heavy atom. The first-order valence-electron chi connectivity index (χ1n) is 3.41. The SMILES string of the molecule is O=C(O)C(C=Cc1cccs1)=NO. The van der Waals surface area contributed by atoms with E-state index in [1.54, 1.807) is 6.08 Å². The summed E-state index contributed by atoms with van der Waals surface area (Å²) in [7, 11) is 0. The maximum Gasteiger partial charge on any atom is 0.357 e. The molecule has 0 fully saturated rings. The van der Waals surface area contributed by atoms with Gasteiger partial charge in [-0.3, -0.25) is 0 Å². The first kappa shape index (κ1) is 9.47. The molecule has 0 amide bonds. The quantitative estimate of drug-likeness (QED) is 0.440. The van der Waals surface area contributed by atoms with E-state index in [0.717, 1.165) is 4.88 Å². The van der Waals surface area contributed by atoms with E-state index in [0.29, 0.717) is 0 Å². The van der Waals surface area contributed by atoms with E-state index >= 15 is 0 Å². The number of rotatable bonds is 3. The summed E-state index contributed by atoms with van der Waals surface area (Å²) in [6, 6.07) is 3.68. The van der Waals surface area contributed by atoms with Crippen LogP contribution in [0.3, 0.4) is 0 Å². The van der Waals surface area contributed by atoms with Crippen molar-refractivity contribution in [2.75, 3.05) is 0 Å². The average Bonchev–Trinajstić information content (AvgIpc) is 2.57. The van der Waals surface area contributed by atoms with Gasteiger partial charge in [-0.2, -0.15) is 0 Å². The second-order valence-corrected chi connectivity index (χ2v) is 3.12. The van der Waals surface area contributed by atoms with Gasteiger partial charge in [-0.15, -0.1) is 11.3 Å². The molecule has 1 aromatic heterocycles. The number of nitrogens with zero attached hydrogens (tertiary/aromatic N) is 1. The third kappa shape index (κ3) is 2.72. The normalized spacial score (nSPS) is 12.2. The number of thiophene rings is 1. The molecule has 0 unspecified atom stereocenters. The number of carbonyl (C=O) groups is 1. The Morgan fingerprint density at radius 1 is 1.62 bits per heavy atom. The molecule has 0 spiro atoms. The van der Waals surface area contributed by atoms with Gasteiger partial charge in [-0.05, 0) is 23.6 Å². The van der Waals surface area contributed by atoms with Gasteiger partial charge in [0.05, 0.1) is 0 Å². The van der Waals surface area contributed by atoms with Gasteiger partial charge >= 0.3 is 5.97 Å². The molecule has 0 saturated heterocycles. The molecule has 1 heterocycles. The summed E-state index contributed by atoms with van der Waals surface area (Å²) in [5.41, 5.74) is -0.381. The number of carboxylic acids is 1. The zero-order valence-corrected chi connectivity index (χ0v) is 7.36. The van der Waals surface area contributed by atoms with Crippen LogP contribution >= 0.6 is 11.3 Å². The molecule has 68 valence electrons. The molecule has 0 atom stereocenters. The Kier molecular flexibility index (Phi) is 3.22. The average molecular weight is 197 g/mol. The van der Waals surface area contributed by atoms with Gasteiger partial charge in [0, 0.05) is 4.88 Å². The van der Waals surface area contributed by atoms with Gasteiger partial charge in [0.15, 0.2) is 5.71 Å². The minimum atomic E-state index is -1.25. The zero-order valence-electron chi connectivity index (χ0n) is 6.54. The summed E-state index contributed by atoms with van der Waals surface area (Å²) >= 11 is 1.47. The fraction of sp³-hybridized carbons (Fsp3) is 0. The summed E-state index contributed by atoms with van der Waals surface area (Å²) in [5.74, 6) is -1.25. The molecule has 0 saturated carbocycles. The second kappa shape index (κ2) is 4.42. The number of aliphatic carboxylic acids is 1. The van der Waals surface area contributed by atoms with Crippen LogP contribution in [0.25, 0.3) is 6.08 Å². The summed E-state index contributed by atoms with van der Waals surface area (Å²) in [6.45, 7) is 0. The number of hydrogen-bond acceptors (Lipinski definition) is 4. The minimum Gasteiger partial charge on any atom is -0.476 e. The highest BCUT2D eigenvalue weighted by atomic mass is 32.1. The minimum absolute atomic E-state index is 0.381. The van der Waals surface area contributed by atoms with Gasteiger partial charge < -0.3 is 10.3 Å². The monoisotopic (exact) mass is 197 g/mol. The second-order valence-electron chi connectivity index (χ2n) is 2.14. The van der Waals surface area contributed by atoms with Crippen molar-refractivity contribution < 1.29 is 15.1 Å². The largest absolute Gasteiger partial charge is 0.476 e. The van der Waals surface area contributed by atoms with E-state index < -0.39 is 5.97 Å². The smallest absolute Gasteiger partial charge is 0.357 e. The van der Waals surface area contributed by atoms with Crippen molar-refractivity contribution in [3.63, 3.8) is 0 Å². The summed E-state index contributed by atoms with van der Waals surface area (Å²) in [5, 5.41) is 21.2. The lowest BCUT2D eigenvalue weighted by Gasteiger charge is -1.87.